The number of hydrogen-bond donors (Lipinski definition) is 2. The molecule has 154 valence electrons. The third-order valence-corrected chi connectivity index (χ3v) is 6.71. The average Bonchev–Trinajstić information content (AvgIpc) is 3.38. The van der Waals surface area contributed by atoms with Crippen LogP contribution in [0.1, 0.15) is 41.9 Å². The van der Waals surface area contributed by atoms with Crippen LogP contribution in [0.25, 0.3) is 0 Å². The summed E-state index contributed by atoms with van der Waals surface area (Å²) >= 11 is 12.3. The van der Waals surface area contributed by atoms with Crippen molar-refractivity contribution in [3.63, 3.8) is 0 Å². The van der Waals surface area contributed by atoms with E-state index in [1.807, 2.05) is 24.3 Å². The lowest BCUT2D eigenvalue weighted by atomic mass is 10.1. The van der Waals surface area contributed by atoms with Crippen molar-refractivity contribution in [2.45, 2.75) is 44.3 Å². The molecule has 29 heavy (non-hydrogen) atoms. The standard InChI is InChI=1S/C23H26Cl2N2O2/c24-17-7-8-19(22(25)10-17)20-11-21(20)23(29)26-12-15-4-1-2-5-16(15)13-27-9-3-6-18(27)14-28/h1-2,4-5,7-8,10,18,20-21,28H,3,6,9,11-14H2,(H,26,29)/t18-,20-,21-/m1/s1. The molecule has 0 unspecified atom stereocenters. The lowest BCUT2D eigenvalue weighted by Gasteiger charge is -2.24. The molecule has 2 aromatic carbocycles. The van der Waals surface area contributed by atoms with Crippen molar-refractivity contribution < 1.29 is 9.90 Å². The lowest BCUT2D eigenvalue weighted by Crippen LogP contribution is -2.32. The van der Waals surface area contributed by atoms with Crippen LogP contribution < -0.4 is 5.32 Å². The quantitative estimate of drug-likeness (QED) is 0.682. The Morgan fingerprint density at radius 1 is 1.17 bits per heavy atom. The van der Waals surface area contributed by atoms with E-state index in [0.717, 1.165) is 43.5 Å². The van der Waals surface area contributed by atoms with E-state index in [4.69, 9.17) is 23.2 Å². The predicted octanol–water partition coefficient (Wildman–Crippen LogP) is 4.37. The Bertz CT molecular complexity index is 889. The number of hydrogen-bond acceptors (Lipinski definition) is 3. The fraction of sp³-hybridized carbons (Fsp3) is 0.435. The zero-order valence-electron chi connectivity index (χ0n) is 16.3. The second kappa shape index (κ2) is 9.05. The number of likely N-dealkylation sites (tertiary alicyclic amines) is 1. The molecule has 4 nitrogen and oxygen atoms in total. The Morgan fingerprint density at radius 3 is 2.72 bits per heavy atom. The molecule has 0 radical (unpaired) electrons. The van der Waals surface area contributed by atoms with Crippen molar-refractivity contribution >= 4 is 29.1 Å². The van der Waals surface area contributed by atoms with Crippen LogP contribution in [0.4, 0.5) is 0 Å². The van der Waals surface area contributed by atoms with Crippen molar-refractivity contribution in [3.05, 3.63) is 69.2 Å². The van der Waals surface area contributed by atoms with Gasteiger partial charge in [0.15, 0.2) is 0 Å². The van der Waals surface area contributed by atoms with Crippen LogP contribution in [0, 0.1) is 5.92 Å². The number of amides is 1. The zero-order chi connectivity index (χ0) is 20.4. The molecule has 1 heterocycles. The molecule has 1 aliphatic carbocycles. The number of carbonyl (C=O) groups is 1. The first kappa shape index (κ1) is 20.7. The summed E-state index contributed by atoms with van der Waals surface area (Å²) in [4.78, 5) is 15.0. The molecular weight excluding hydrogens is 407 g/mol. The van der Waals surface area contributed by atoms with Gasteiger partial charge in [-0.3, -0.25) is 9.69 Å². The molecule has 3 atom stereocenters. The first-order chi connectivity index (χ1) is 14.1. The number of aliphatic hydroxyl groups is 1. The number of rotatable bonds is 7. The Balaban J connectivity index is 1.35. The zero-order valence-corrected chi connectivity index (χ0v) is 17.8. The molecule has 0 aromatic heterocycles. The van der Waals surface area contributed by atoms with E-state index >= 15 is 0 Å². The molecule has 0 bridgehead atoms. The highest BCUT2D eigenvalue weighted by atomic mass is 35.5. The number of aliphatic hydroxyl groups excluding tert-OH is 1. The van der Waals surface area contributed by atoms with Crippen LogP contribution in [-0.4, -0.2) is 35.1 Å². The first-order valence-electron chi connectivity index (χ1n) is 10.2. The Kier molecular flexibility index (Phi) is 6.45. The van der Waals surface area contributed by atoms with E-state index < -0.39 is 0 Å². The van der Waals surface area contributed by atoms with Crippen molar-refractivity contribution in [1.29, 1.82) is 0 Å². The number of nitrogens with zero attached hydrogens (tertiary/aromatic N) is 1. The van der Waals surface area contributed by atoms with E-state index in [2.05, 4.69) is 22.3 Å². The van der Waals surface area contributed by atoms with Crippen LogP contribution in [0.5, 0.6) is 0 Å². The van der Waals surface area contributed by atoms with Gasteiger partial charge in [0.1, 0.15) is 0 Å². The summed E-state index contributed by atoms with van der Waals surface area (Å²) in [6.45, 7) is 2.54. The van der Waals surface area contributed by atoms with Crippen molar-refractivity contribution in [2.24, 2.45) is 5.92 Å². The molecule has 2 N–H and O–H groups in total. The van der Waals surface area contributed by atoms with Gasteiger partial charge < -0.3 is 10.4 Å². The van der Waals surface area contributed by atoms with Gasteiger partial charge in [-0.25, -0.2) is 0 Å². The van der Waals surface area contributed by atoms with Crippen molar-refractivity contribution in [1.82, 2.24) is 10.2 Å². The summed E-state index contributed by atoms with van der Waals surface area (Å²) in [7, 11) is 0. The summed E-state index contributed by atoms with van der Waals surface area (Å²) in [5.41, 5.74) is 3.34. The van der Waals surface area contributed by atoms with Gasteiger partial charge in [0, 0.05) is 35.1 Å². The Morgan fingerprint density at radius 2 is 1.97 bits per heavy atom. The summed E-state index contributed by atoms with van der Waals surface area (Å²) in [6, 6.07) is 13.9. The highest BCUT2D eigenvalue weighted by Gasteiger charge is 2.44. The summed E-state index contributed by atoms with van der Waals surface area (Å²) < 4.78 is 0. The maximum absolute atomic E-state index is 12.7. The minimum Gasteiger partial charge on any atom is -0.395 e. The third kappa shape index (κ3) is 4.77. The molecule has 1 saturated carbocycles. The molecule has 0 spiro atoms. The smallest absolute Gasteiger partial charge is 0.224 e. The second-order valence-corrected chi connectivity index (χ2v) is 8.89. The molecule has 2 aromatic rings. The fourth-order valence-electron chi connectivity index (χ4n) is 4.36. The maximum atomic E-state index is 12.7. The van der Waals surface area contributed by atoms with Crippen molar-refractivity contribution in [3.8, 4) is 0 Å². The maximum Gasteiger partial charge on any atom is 0.224 e. The van der Waals surface area contributed by atoms with Gasteiger partial charge in [0.05, 0.1) is 6.61 Å². The number of carbonyl (C=O) groups excluding carboxylic acids is 1. The van der Waals surface area contributed by atoms with Gasteiger partial charge in [-0.15, -0.1) is 0 Å². The molecule has 2 fully saturated rings. The predicted molar refractivity (Wildman–Crippen MR) is 116 cm³/mol. The molecule has 1 aliphatic heterocycles. The van der Waals surface area contributed by atoms with Crippen LogP contribution in [-0.2, 0) is 17.9 Å². The third-order valence-electron chi connectivity index (χ3n) is 6.14. The second-order valence-electron chi connectivity index (χ2n) is 8.05. The molecule has 6 heteroatoms. The topological polar surface area (TPSA) is 52.6 Å². The Hall–Kier alpha value is -1.59. The van der Waals surface area contributed by atoms with Crippen LogP contribution in [0.3, 0.4) is 0 Å². The summed E-state index contributed by atoms with van der Waals surface area (Å²) in [6.07, 6.45) is 2.99. The number of benzene rings is 2. The number of nitrogens with one attached hydrogen (secondary N) is 1. The minimum atomic E-state index is -0.0295. The van der Waals surface area contributed by atoms with Gasteiger partial charge in [-0.1, -0.05) is 53.5 Å². The van der Waals surface area contributed by atoms with Crippen LogP contribution in [0.15, 0.2) is 42.5 Å². The van der Waals surface area contributed by atoms with E-state index in [-0.39, 0.29) is 30.4 Å². The molecular formula is C23H26Cl2N2O2. The number of halogens is 2. The minimum absolute atomic E-state index is 0.0295. The van der Waals surface area contributed by atoms with Gasteiger partial charge in [0.25, 0.3) is 0 Å². The van der Waals surface area contributed by atoms with E-state index in [1.54, 1.807) is 6.07 Å². The van der Waals surface area contributed by atoms with Gasteiger partial charge in [-0.2, -0.15) is 0 Å². The highest BCUT2D eigenvalue weighted by molar-refractivity contribution is 6.35. The monoisotopic (exact) mass is 432 g/mol. The normalized spacial score (nSPS) is 23.9. The Labute approximate surface area is 181 Å². The molecule has 1 amide bonds. The van der Waals surface area contributed by atoms with Crippen LogP contribution in [0.2, 0.25) is 10.0 Å². The first-order valence-corrected chi connectivity index (χ1v) is 11.0. The fourth-order valence-corrected chi connectivity index (χ4v) is 4.91. The largest absolute Gasteiger partial charge is 0.395 e. The molecule has 2 aliphatic rings. The highest BCUT2D eigenvalue weighted by Crippen LogP contribution is 2.50. The summed E-state index contributed by atoms with van der Waals surface area (Å²) in [5, 5.41) is 13.9. The average molecular weight is 433 g/mol. The van der Waals surface area contributed by atoms with E-state index in [9.17, 15) is 9.90 Å². The SMILES string of the molecule is O=C(NCc1ccccc1CN1CCC[C@@H]1CO)[C@@H]1C[C@@H]1c1ccc(Cl)cc1Cl. The summed E-state index contributed by atoms with van der Waals surface area (Å²) in [5.74, 6) is 0.216. The van der Waals surface area contributed by atoms with E-state index in [0.29, 0.717) is 16.6 Å². The van der Waals surface area contributed by atoms with E-state index in [1.165, 1.54) is 5.56 Å². The lowest BCUT2D eigenvalue weighted by molar-refractivity contribution is -0.122. The molecule has 4 rings (SSSR count). The van der Waals surface area contributed by atoms with Crippen LogP contribution >= 0.6 is 23.2 Å². The van der Waals surface area contributed by atoms with Gasteiger partial charge in [0.2, 0.25) is 5.91 Å². The van der Waals surface area contributed by atoms with Gasteiger partial charge >= 0.3 is 0 Å². The van der Waals surface area contributed by atoms with Crippen molar-refractivity contribution in [2.75, 3.05) is 13.2 Å². The molecule has 1 saturated heterocycles. The van der Waals surface area contributed by atoms with Gasteiger partial charge in [-0.05, 0) is 60.5 Å².